The minimum Gasteiger partial charge on any atom is -0.495 e. The van der Waals surface area contributed by atoms with Crippen molar-refractivity contribution >= 4 is 33.0 Å². The van der Waals surface area contributed by atoms with Gasteiger partial charge in [0.15, 0.2) is 0 Å². The summed E-state index contributed by atoms with van der Waals surface area (Å²) in [6.45, 7) is -0.0254. The second kappa shape index (κ2) is 6.76. The Balaban J connectivity index is 2.22. The normalized spacial score (nSPS) is 11.6. The van der Waals surface area contributed by atoms with Crippen molar-refractivity contribution in [3.8, 4) is 5.75 Å². The van der Waals surface area contributed by atoms with Gasteiger partial charge in [0.2, 0.25) is 10.0 Å². The number of thiophene rings is 1. The standard InChI is InChI=1S/C13H14ClNO4S2/c1-19-11-6-9(8-16)2-4-12(11)21(17,18)15-7-10-3-5-13(14)20-10/h2-6,15-16H,7-8H2,1H3. The zero-order valence-electron chi connectivity index (χ0n) is 11.2. The Bertz CT molecular complexity index is 728. The van der Waals surface area contributed by atoms with E-state index < -0.39 is 10.0 Å². The van der Waals surface area contributed by atoms with E-state index in [9.17, 15) is 8.42 Å². The lowest BCUT2D eigenvalue weighted by Gasteiger charge is -2.11. The number of rotatable bonds is 6. The molecule has 0 saturated carbocycles. The molecule has 1 aromatic heterocycles. The molecular weight excluding hydrogens is 334 g/mol. The van der Waals surface area contributed by atoms with Gasteiger partial charge in [0, 0.05) is 11.4 Å². The highest BCUT2D eigenvalue weighted by molar-refractivity contribution is 7.89. The Labute approximate surface area is 132 Å². The van der Waals surface area contributed by atoms with Crippen LogP contribution in [-0.2, 0) is 23.2 Å². The van der Waals surface area contributed by atoms with Gasteiger partial charge in [0.1, 0.15) is 10.6 Å². The molecule has 0 amide bonds. The first-order chi connectivity index (χ1) is 9.96. The fourth-order valence-corrected chi connectivity index (χ4v) is 4.00. The molecule has 0 radical (unpaired) electrons. The van der Waals surface area contributed by atoms with E-state index >= 15 is 0 Å². The first kappa shape index (κ1) is 16.3. The third kappa shape index (κ3) is 3.96. The molecule has 0 unspecified atom stereocenters. The van der Waals surface area contributed by atoms with Crippen LogP contribution in [0.4, 0.5) is 0 Å². The van der Waals surface area contributed by atoms with E-state index in [0.29, 0.717) is 9.90 Å². The molecule has 0 fully saturated rings. The number of ether oxygens (including phenoxy) is 1. The van der Waals surface area contributed by atoms with Crippen molar-refractivity contribution in [1.82, 2.24) is 4.72 Å². The van der Waals surface area contributed by atoms with Gasteiger partial charge in [-0.15, -0.1) is 11.3 Å². The molecule has 8 heteroatoms. The third-order valence-corrected chi connectivity index (χ3v) is 5.44. The van der Waals surface area contributed by atoms with Crippen molar-refractivity contribution in [3.63, 3.8) is 0 Å². The van der Waals surface area contributed by atoms with E-state index in [1.165, 1.54) is 30.6 Å². The summed E-state index contributed by atoms with van der Waals surface area (Å²) in [5.74, 6) is 0.193. The smallest absolute Gasteiger partial charge is 0.244 e. The number of methoxy groups -OCH3 is 1. The van der Waals surface area contributed by atoms with E-state index in [1.807, 2.05) is 0 Å². The van der Waals surface area contributed by atoms with Gasteiger partial charge in [-0.05, 0) is 29.8 Å². The van der Waals surface area contributed by atoms with Gasteiger partial charge < -0.3 is 9.84 Å². The number of halogens is 1. The van der Waals surface area contributed by atoms with Crippen molar-refractivity contribution < 1.29 is 18.3 Å². The monoisotopic (exact) mass is 347 g/mol. The number of sulfonamides is 1. The molecule has 2 rings (SSSR count). The maximum Gasteiger partial charge on any atom is 0.244 e. The average molecular weight is 348 g/mol. The van der Waals surface area contributed by atoms with Gasteiger partial charge in [0.25, 0.3) is 0 Å². The van der Waals surface area contributed by atoms with E-state index in [2.05, 4.69) is 4.72 Å². The van der Waals surface area contributed by atoms with E-state index in [1.54, 1.807) is 18.2 Å². The predicted molar refractivity (Wildman–Crippen MR) is 82.3 cm³/mol. The van der Waals surface area contributed by atoms with Gasteiger partial charge in [-0.2, -0.15) is 0 Å². The van der Waals surface area contributed by atoms with Crippen LogP contribution in [0.2, 0.25) is 4.34 Å². The van der Waals surface area contributed by atoms with E-state index in [4.69, 9.17) is 21.4 Å². The fourth-order valence-electron chi connectivity index (χ4n) is 1.72. The Kier molecular flexibility index (Phi) is 5.23. The van der Waals surface area contributed by atoms with Crippen LogP contribution in [0.1, 0.15) is 10.4 Å². The van der Waals surface area contributed by atoms with Crippen LogP contribution in [0.15, 0.2) is 35.2 Å². The molecule has 0 aliphatic heterocycles. The molecule has 2 aromatic rings. The molecular formula is C13H14ClNO4S2. The first-order valence-corrected chi connectivity index (χ1v) is 8.65. The summed E-state index contributed by atoms with van der Waals surface area (Å²) in [5, 5.41) is 9.07. The lowest BCUT2D eigenvalue weighted by Crippen LogP contribution is -2.23. The van der Waals surface area contributed by atoms with Crippen LogP contribution in [-0.4, -0.2) is 20.6 Å². The highest BCUT2D eigenvalue weighted by atomic mass is 35.5. The zero-order chi connectivity index (χ0) is 15.5. The van der Waals surface area contributed by atoms with E-state index in [-0.39, 0.29) is 23.8 Å². The maximum atomic E-state index is 12.3. The topological polar surface area (TPSA) is 75.6 Å². The molecule has 0 atom stereocenters. The SMILES string of the molecule is COc1cc(CO)ccc1S(=O)(=O)NCc1ccc(Cl)s1. The largest absolute Gasteiger partial charge is 0.495 e. The third-order valence-electron chi connectivity index (χ3n) is 2.77. The fraction of sp³-hybridized carbons (Fsp3) is 0.231. The Morgan fingerprint density at radius 2 is 2.10 bits per heavy atom. The minimum absolute atomic E-state index is 0.0323. The molecule has 5 nitrogen and oxygen atoms in total. The summed E-state index contributed by atoms with van der Waals surface area (Å²) in [6.07, 6.45) is 0. The van der Waals surface area contributed by atoms with Gasteiger partial charge >= 0.3 is 0 Å². The molecule has 1 aromatic carbocycles. The van der Waals surface area contributed by atoms with Crippen molar-refractivity contribution in [2.45, 2.75) is 18.0 Å². The summed E-state index contributed by atoms with van der Waals surface area (Å²) >= 11 is 7.12. The number of hydrogen-bond donors (Lipinski definition) is 2. The first-order valence-electron chi connectivity index (χ1n) is 5.98. The number of nitrogens with one attached hydrogen (secondary N) is 1. The Morgan fingerprint density at radius 3 is 2.67 bits per heavy atom. The van der Waals surface area contributed by atoms with Crippen LogP contribution in [0, 0.1) is 0 Å². The molecule has 0 bridgehead atoms. The van der Waals surface area contributed by atoms with Gasteiger partial charge in [-0.25, -0.2) is 13.1 Å². The Morgan fingerprint density at radius 1 is 1.33 bits per heavy atom. The summed E-state index contributed by atoms with van der Waals surface area (Å²) in [6, 6.07) is 7.93. The lowest BCUT2D eigenvalue weighted by molar-refractivity contribution is 0.280. The lowest BCUT2D eigenvalue weighted by atomic mass is 10.2. The second-order valence-electron chi connectivity index (χ2n) is 4.17. The number of aliphatic hydroxyl groups excluding tert-OH is 1. The average Bonchev–Trinajstić information content (AvgIpc) is 2.90. The second-order valence-corrected chi connectivity index (χ2v) is 7.71. The molecule has 0 saturated heterocycles. The van der Waals surface area contributed by atoms with E-state index in [0.717, 1.165) is 4.88 Å². The molecule has 2 N–H and O–H groups in total. The van der Waals surface area contributed by atoms with Crippen molar-refractivity contribution in [2.75, 3.05) is 7.11 Å². The van der Waals surface area contributed by atoms with Gasteiger partial charge in [0.05, 0.1) is 18.1 Å². The molecule has 0 spiro atoms. The quantitative estimate of drug-likeness (QED) is 0.841. The van der Waals surface area contributed by atoms with Crippen LogP contribution < -0.4 is 9.46 Å². The van der Waals surface area contributed by atoms with Gasteiger partial charge in [-0.1, -0.05) is 17.7 Å². The van der Waals surface area contributed by atoms with Crippen molar-refractivity contribution in [1.29, 1.82) is 0 Å². The molecule has 0 aliphatic rings. The minimum atomic E-state index is -3.71. The Hall–Kier alpha value is -1.12. The molecule has 114 valence electrons. The summed E-state index contributed by atoms with van der Waals surface area (Å²) in [5.41, 5.74) is 0.579. The van der Waals surface area contributed by atoms with Gasteiger partial charge in [-0.3, -0.25) is 0 Å². The maximum absolute atomic E-state index is 12.3. The highest BCUT2D eigenvalue weighted by Crippen LogP contribution is 2.26. The molecule has 21 heavy (non-hydrogen) atoms. The molecule has 1 heterocycles. The van der Waals surface area contributed by atoms with Crippen LogP contribution in [0.25, 0.3) is 0 Å². The summed E-state index contributed by atoms with van der Waals surface area (Å²) < 4.78 is 32.8. The number of aliphatic hydroxyl groups is 1. The zero-order valence-corrected chi connectivity index (χ0v) is 13.6. The number of benzene rings is 1. The predicted octanol–water partition coefficient (Wildman–Crippen LogP) is 2.38. The summed E-state index contributed by atoms with van der Waals surface area (Å²) in [7, 11) is -2.33. The van der Waals surface area contributed by atoms with Crippen molar-refractivity contribution in [2.24, 2.45) is 0 Å². The van der Waals surface area contributed by atoms with Crippen LogP contribution in [0.3, 0.4) is 0 Å². The van der Waals surface area contributed by atoms with Crippen molar-refractivity contribution in [3.05, 3.63) is 45.1 Å². The summed E-state index contributed by atoms with van der Waals surface area (Å²) in [4.78, 5) is 0.847. The van der Waals surface area contributed by atoms with Crippen LogP contribution >= 0.6 is 22.9 Å². The number of hydrogen-bond acceptors (Lipinski definition) is 5. The molecule has 0 aliphatic carbocycles. The highest BCUT2D eigenvalue weighted by Gasteiger charge is 2.19. The van der Waals surface area contributed by atoms with Crippen LogP contribution in [0.5, 0.6) is 5.75 Å².